The molecule has 2 aliphatic heterocycles. The minimum atomic E-state index is -1.02. The van der Waals surface area contributed by atoms with Gasteiger partial charge in [0.05, 0.1) is 26.1 Å². The smallest absolute Gasteiger partial charge is 0.413 e. The molecule has 2 fully saturated rings. The molecule has 46 heavy (non-hydrogen) atoms. The number of ether oxygens (including phenoxy) is 2. The third-order valence-corrected chi connectivity index (χ3v) is 8.47. The van der Waals surface area contributed by atoms with Gasteiger partial charge in [0, 0.05) is 25.4 Å². The number of pyridine rings is 1. The molecule has 3 amide bonds. The Hall–Kier alpha value is -5.51. The average molecular weight is 619 g/mol. The van der Waals surface area contributed by atoms with Crippen LogP contribution in [0.25, 0.3) is 11.1 Å². The molecule has 4 aromatic rings. The van der Waals surface area contributed by atoms with Crippen LogP contribution in [0.5, 0.6) is 11.5 Å². The van der Waals surface area contributed by atoms with Crippen molar-refractivity contribution in [1.82, 2.24) is 20.1 Å². The Labute approximate surface area is 266 Å². The normalized spacial score (nSPS) is 17.7. The fourth-order valence-corrected chi connectivity index (χ4v) is 6.19. The summed E-state index contributed by atoms with van der Waals surface area (Å²) in [6.45, 7) is 0.225. The van der Waals surface area contributed by atoms with E-state index >= 15 is 0 Å². The van der Waals surface area contributed by atoms with Crippen molar-refractivity contribution in [2.45, 2.75) is 37.4 Å². The molecule has 10 heteroatoms. The van der Waals surface area contributed by atoms with Gasteiger partial charge in [0.25, 0.3) is 0 Å². The van der Waals surface area contributed by atoms with Crippen molar-refractivity contribution in [1.29, 1.82) is 0 Å². The van der Waals surface area contributed by atoms with E-state index in [1.165, 1.54) is 4.90 Å². The largest absolute Gasteiger partial charge is 0.497 e. The Morgan fingerprint density at radius 1 is 0.870 bits per heavy atom. The number of hydrogen-bond acceptors (Lipinski definition) is 7. The first-order valence-corrected chi connectivity index (χ1v) is 15.2. The maximum absolute atomic E-state index is 14.1. The number of methoxy groups -OCH3 is 1. The van der Waals surface area contributed by atoms with Gasteiger partial charge in [-0.25, -0.2) is 4.79 Å². The number of amides is 3. The fourth-order valence-electron chi connectivity index (χ4n) is 6.19. The predicted octanol–water partition coefficient (Wildman–Crippen LogP) is 4.08. The SMILES string of the molecule is COc1ccc(CC(NC(=O)Oc2ccc(-c3ccccc3)cc2)C(=O)N2CCC3C2C(=O)CN3C(=O)Cc2cccnc2)cc1. The van der Waals surface area contributed by atoms with Gasteiger partial charge in [0.2, 0.25) is 11.8 Å². The summed E-state index contributed by atoms with van der Waals surface area (Å²) in [4.78, 5) is 60.8. The van der Waals surface area contributed by atoms with Crippen LogP contribution in [0.15, 0.2) is 103 Å². The molecule has 3 unspecified atom stereocenters. The number of hydrogen-bond donors (Lipinski definition) is 1. The van der Waals surface area contributed by atoms with Crippen LogP contribution in [-0.2, 0) is 27.2 Å². The zero-order valence-corrected chi connectivity index (χ0v) is 25.4. The van der Waals surface area contributed by atoms with Crippen molar-refractivity contribution in [3.8, 4) is 22.6 Å². The third kappa shape index (κ3) is 6.76. The highest BCUT2D eigenvalue weighted by molar-refractivity contribution is 5.99. The van der Waals surface area contributed by atoms with Gasteiger partial charge in [0.1, 0.15) is 23.6 Å². The minimum Gasteiger partial charge on any atom is -0.497 e. The summed E-state index contributed by atoms with van der Waals surface area (Å²) in [7, 11) is 1.57. The van der Waals surface area contributed by atoms with Crippen LogP contribution in [0, 0.1) is 0 Å². The van der Waals surface area contributed by atoms with E-state index in [0.29, 0.717) is 17.9 Å². The van der Waals surface area contributed by atoms with Gasteiger partial charge in [0.15, 0.2) is 5.78 Å². The first kappa shape index (κ1) is 30.5. The monoisotopic (exact) mass is 618 g/mol. The second-order valence-corrected chi connectivity index (χ2v) is 11.4. The molecular weight excluding hydrogens is 584 g/mol. The van der Waals surface area contributed by atoms with Crippen molar-refractivity contribution in [3.63, 3.8) is 0 Å². The molecule has 1 N–H and O–H groups in total. The summed E-state index contributed by atoms with van der Waals surface area (Å²) in [5.74, 6) is 0.197. The average Bonchev–Trinajstić information content (AvgIpc) is 3.67. The number of aromatic nitrogens is 1. The zero-order valence-electron chi connectivity index (χ0n) is 25.4. The molecule has 0 aliphatic carbocycles. The Kier molecular flexibility index (Phi) is 9.05. The van der Waals surface area contributed by atoms with Gasteiger partial charge in [-0.05, 0) is 59.0 Å². The quantitative estimate of drug-likeness (QED) is 0.300. The number of nitrogens with zero attached hydrogens (tertiary/aromatic N) is 3. The maximum atomic E-state index is 14.1. The molecule has 234 valence electrons. The zero-order chi connectivity index (χ0) is 32.0. The second kappa shape index (κ2) is 13.6. The van der Waals surface area contributed by atoms with Crippen molar-refractivity contribution in [3.05, 3.63) is 115 Å². The lowest BCUT2D eigenvalue weighted by Crippen LogP contribution is -2.53. The summed E-state index contributed by atoms with van der Waals surface area (Å²) < 4.78 is 10.8. The number of likely N-dealkylation sites (tertiary alicyclic amines) is 2. The van der Waals surface area contributed by atoms with Crippen LogP contribution in [-0.4, -0.2) is 76.8 Å². The van der Waals surface area contributed by atoms with Crippen LogP contribution in [0.2, 0.25) is 0 Å². The van der Waals surface area contributed by atoms with Crippen molar-refractivity contribution in [2.24, 2.45) is 0 Å². The first-order valence-electron chi connectivity index (χ1n) is 15.2. The van der Waals surface area contributed by atoms with E-state index in [1.54, 1.807) is 54.7 Å². The molecule has 1 aromatic heterocycles. The van der Waals surface area contributed by atoms with E-state index in [4.69, 9.17) is 9.47 Å². The number of rotatable bonds is 9. The molecule has 0 bridgehead atoms. The third-order valence-electron chi connectivity index (χ3n) is 8.47. The van der Waals surface area contributed by atoms with Crippen LogP contribution in [0.1, 0.15) is 17.5 Å². The molecule has 3 atom stereocenters. The molecule has 2 aliphatic rings. The standard InChI is InChI=1S/C36H34N4O6/c1-45-28-13-9-24(10-14-28)20-30(38-36(44)46-29-15-11-27(12-16-29)26-7-3-2-4-8-26)35(43)39-19-17-31-34(39)32(41)23-40(31)33(42)21-25-6-5-18-37-22-25/h2-16,18,22,30-31,34H,17,19-21,23H2,1H3,(H,38,44). The van der Waals surface area contributed by atoms with Crippen molar-refractivity contribution < 1.29 is 28.7 Å². The lowest BCUT2D eigenvalue weighted by atomic mass is 10.0. The lowest BCUT2D eigenvalue weighted by molar-refractivity contribution is -0.138. The van der Waals surface area contributed by atoms with Gasteiger partial charge in [-0.1, -0.05) is 60.7 Å². The summed E-state index contributed by atoms with van der Waals surface area (Å²) in [6, 6.07) is 25.5. The van der Waals surface area contributed by atoms with E-state index in [2.05, 4.69) is 10.3 Å². The summed E-state index contributed by atoms with van der Waals surface area (Å²) in [5.41, 5.74) is 3.55. The van der Waals surface area contributed by atoms with E-state index in [-0.39, 0.29) is 37.6 Å². The number of carbonyl (C=O) groups excluding carboxylic acids is 4. The highest BCUT2D eigenvalue weighted by atomic mass is 16.6. The van der Waals surface area contributed by atoms with Gasteiger partial charge < -0.3 is 24.6 Å². The number of carbonyl (C=O) groups is 4. The van der Waals surface area contributed by atoms with Crippen molar-refractivity contribution >= 4 is 23.7 Å². The lowest BCUT2D eigenvalue weighted by Gasteiger charge is -2.28. The Morgan fingerprint density at radius 2 is 1.59 bits per heavy atom. The molecule has 10 nitrogen and oxygen atoms in total. The van der Waals surface area contributed by atoms with Crippen LogP contribution < -0.4 is 14.8 Å². The highest BCUT2D eigenvalue weighted by Crippen LogP contribution is 2.31. The molecular formula is C36H34N4O6. The van der Waals surface area contributed by atoms with Crippen LogP contribution >= 0.6 is 0 Å². The molecule has 0 saturated carbocycles. The van der Waals surface area contributed by atoms with Gasteiger partial charge in [-0.15, -0.1) is 0 Å². The number of benzene rings is 3. The van der Waals surface area contributed by atoms with E-state index in [1.807, 2.05) is 60.7 Å². The molecule has 2 saturated heterocycles. The van der Waals surface area contributed by atoms with E-state index < -0.39 is 30.1 Å². The summed E-state index contributed by atoms with van der Waals surface area (Å²) in [6.07, 6.45) is 3.23. The van der Waals surface area contributed by atoms with Gasteiger partial charge in [-0.3, -0.25) is 19.4 Å². The molecule has 0 radical (unpaired) electrons. The molecule has 3 aromatic carbocycles. The summed E-state index contributed by atoms with van der Waals surface area (Å²) >= 11 is 0. The Bertz CT molecular complexity index is 1700. The maximum Gasteiger partial charge on any atom is 0.413 e. The topological polar surface area (TPSA) is 118 Å². The Morgan fingerprint density at radius 3 is 2.28 bits per heavy atom. The van der Waals surface area contributed by atoms with E-state index in [9.17, 15) is 19.2 Å². The molecule has 0 spiro atoms. The molecule has 6 rings (SSSR count). The van der Waals surface area contributed by atoms with Crippen molar-refractivity contribution in [2.75, 3.05) is 20.2 Å². The number of fused-ring (bicyclic) bond motifs is 1. The number of ketones is 1. The Balaban J connectivity index is 1.17. The number of nitrogens with one attached hydrogen (secondary N) is 1. The highest BCUT2D eigenvalue weighted by Gasteiger charge is 2.52. The number of Topliss-reactive ketones (excluding diaryl/α,β-unsaturated/α-hetero) is 1. The van der Waals surface area contributed by atoms with Gasteiger partial charge >= 0.3 is 6.09 Å². The first-order chi connectivity index (χ1) is 22.4. The molecule has 3 heterocycles. The fraction of sp³-hybridized carbons (Fsp3) is 0.250. The second-order valence-electron chi connectivity index (χ2n) is 11.4. The van der Waals surface area contributed by atoms with E-state index in [0.717, 1.165) is 22.3 Å². The van der Waals surface area contributed by atoms with Crippen LogP contribution in [0.4, 0.5) is 4.79 Å². The van der Waals surface area contributed by atoms with Gasteiger partial charge in [-0.2, -0.15) is 0 Å². The summed E-state index contributed by atoms with van der Waals surface area (Å²) in [5, 5.41) is 2.74. The predicted molar refractivity (Wildman–Crippen MR) is 170 cm³/mol. The van der Waals surface area contributed by atoms with Crippen LogP contribution in [0.3, 0.4) is 0 Å². The minimum absolute atomic E-state index is 0.0597.